The smallest absolute Gasteiger partial charge is 1.00 e. The fraction of sp³-hybridized carbons (Fsp3) is 0. The molecule has 0 heterocycles. The van der Waals surface area contributed by atoms with E-state index in [-0.39, 0.29) is 96.1 Å². The summed E-state index contributed by atoms with van der Waals surface area (Å²) in [5, 5.41) is 0. The van der Waals surface area contributed by atoms with Crippen molar-refractivity contribution in [3.8, 4) is 0 Å². The Hall–Kier alpha value is 4.88. The summed E-state index contributed by atoms with van der Waals surface area (Å²) >= 11 is 16.0. The van der Waals surface area contributed by atoms with E-state index in [1.54, 1.807) is 0 Å². The standard InChI is InChI=1S/2Mo.H2S4.S2.4H2S/c;;1-3-4-2;1-2;;;;/h;;1-2H;;4*1H2/q;+3;;-2;;;;/p-6. The average molecular weight is 517 g/mol. The Morgan fingerprint density at radius 3 is 0.750 bits per heavy atom. The van der Waals surface area contributed by atoms with Crippen LogP contribution in [-0.2, 0) is 143 Å². The average Bonchev–Trinajstić information content (AvgIpc) is 1.72. The van der Waals surface area contributed by atoms with Crippen LogP contribution in [0.5, 0.6) is 0 Å². The third-order valence-electron chi connectivity index (χ3n) is 0.0278. The molecule has 0 aromatic rings. The minimum atomic E-state index is 0. The molecule has 81 valence electrons. The second-order valence-corrected chi connectivity index (χ2v) is 3.67. The maximum atomic E-state index is 4.33. The molecule has 0 N–H and O–H groups in total. The minimum absolute atomic E-state index is 0. The molecular formula is H4Mo2S10-5. The Morgan fingerprint density at radius 2 is 0.750 bits per heavy atom. The SMILES string of the molecule is [Mo+3].[Mo].[S-]SS[S-].[S-][S-].[SH-].[SH-].[SH-].[SH-]. The molecule has 0 aliphatic rings. The van der Waals surface area contributed by atoms with E-state index in [0.29, 0.717) is 0 Å². The first-order valence-electron chi connectivity index (χ1n) is 0.667. The Kier molecular flexibility index (Phi) is 334. The van der Waals surface area contributed by atoms with E-state index >= 15 is 0 Å². The van der Waals surface area contributed by atoms with Gasteiger partial charge in [-0.2, -0.15) is 0 Å². The van der Waals surface area contributed by atoms with Crippen molar-refractivity contribution in [2.45, 2.75) is 0 Å². The van der Waals surface area contributed by atoms with Crippen molar-refractivity contribution in [2.24, 2.45) is 0 Å². The predicted octanol–water partition coefficient (Wildman–Crippen LogP) is 0.201. The number of hydrogen-bond donors (Lipinski definition) is 0. The Labute approximate surface area is 159 Å². The topological polar surface area (TPSA) is 0 Å². The first-order valence-corrected chi connectivity index (χ1v) is 6.00. The fourth-order valence-electron chi connectivity index (χ4n) is 0. The molecule has 1 radical (unpaired) electrons. The molecule has 0 aromatic heterocycles. The van der Waals surface area contributed by atoms with Crippen LogP contribution in [0.25, 0.3) is 0 Å². The molecule has 0 amide bonds. The number of hydrogen-bond acceptors (Lipinski definition) is 10. The molecule has 0 atom stereocenters. The second kappa shape index (κ2) is 74.3. The van der Waals surface area contributed by atoms with Crippen molar-refractivity contribution in [2.75, 3.05) is 0 Å². The first kappa shape index (κ1) is 54.0. The molecular weight excluding hydrogens is 513 g/mol. The van der Waals surface area contributed by atoms with E-state index in [9.17, 15) is 0 Å². The van der Waals surface area contributed by atoms with Crippen molar-refractivity contribution in [1.82, 2.24) is 0 Å². The van der Waals surface area contributed by atoms with Gasteiger partial charge >= 0.3 is 21.1 Å². The summed E-state index contributed by atoms with van der Waals surface area (Å²) in [4.78, 5) is 0. The Morgan fingerprint density at radius 1 is 0.667 bits per heavy atom. The summed E-state index contributed by atoms with van der Waals surface area (Å²) in [6.07, 6.45) is 0. The number of thiol groups is 4. The molecule has 0 nitrogen and oxygen atoms in total. The Balaban J connectivity index is -0.00000000317. The monoisotopic (exact) mass is 520 g/mol. The van der Waals surface area contributed by atoms with Gasteiger partial charge in [-0.3, -0.25) is 19.7 Å². The molecule has 0 saturated heterocycles. The van der Waals surface area contributed by atoms with Crippen molar-refractivity contribution in [3.05, 3.63) is 0 Å². The summed E-state index contributed by atoms with van der Waals surface area (Å²) in [5.41, 5.74) is 0. The van der Waals surface area contributed by atoms with Crippen LogP contribution in [-0.4, -0.2) is 0 Å². The summed E-state index contributed by atoms with van der Waals surface area (Å²) < 4.78 is 0. The van der Waals surface area contributed by atoms with Gasteiger partial charge in [-0.25, -0.2) is 0 Å². The van der Waals surface area contributed by atoms with E-state index in [4.69, 9.17) is 0 Å². The van der Waals surface area contributed by atoms with Crippen LogP contribution >= 0.6 is 19.7 Å². The maximum absolute atomic E-state index is 4.33. The van der Waals surface area contributed by atoms with E-state index in [2.05, 4.69) is 46.6 Å². The third kappa shape index (κ3) is 82.9. The predicted molar refractivity (Wildman–Crippen MR) is 79.7 cm³/mol. The molecule has 0 aliphatic carbocycles. The zero-order valence-electron chi connectivity index (χ0n) is 5.05. The molecule has 12 heavy (non-hydrogen) atoms. The van der Waals surface area contributed by atoms with Crippen LogP contribution < -0.4 is 0 Å². The van der Waals surface area contributed by atoms with Gasteiger partial charge in [0.05, 0.1) is 0 Å². The van der Waals surface area contributed by atoms with Crippen molar-refractivity contribution in [1.29, 1.82) is 0 Å². The van der Waals surface area contributed by atoms with E-state index in [0.717, 1.165) is 0 Å². The van der Waals surface area contributed by atoms with E-state index < -0.39 is 0 Å². The van der Waals surface area contributed by atoms with Crippen molar-refractivity contribution < 1.29 is 42.1 Å². The van der Waals surface area contributed by atoms with Crippen LogP contribution in [0.1, 0.15) is 0 Å². The van der Waals surface area contributed by atoms with Gasteiger partial charge in [-0.1, -0.05) is 0 Å². The van der Waals surface area contributed by atoms with Crippen LogP contribution in [0, 0.1) is 0 Å². The first-order chi connectivity index (χ1) is 2.91. The van der Waals surface area contributed by atoms with Gasteiger partial charge in [-0.05, 0) is 0 Å². The molecule has 0 bridgehead atoms. The molecule has 0 spiro atoms. The molecule has 0 aliphatic heterocycles. The van der Waals surface area contributed by atoms with Crippen LogP contribution in [0.15, 0.2) is 0 Å². The van der Waals surface area contributed by atoms with Crippen molar-refractivity contribution >= 4 is 120 Å². The molecule has 0 fully saturated rings. The zero-order chi connectivity index (χ0) is 5.41. The van der Waals surface area contributed by atoms with Gasteiger partial charge in [0, 0.05) is 21.1 Å². The summed E-state index contributed by atoms with van der Waals surface area (Å²) in [7, 11) is 2.34. The zero-order valence-corrected chi connectivity index (χ0v) is 17.5. The van der Waals surface area contributed by atoms with Crippen LogP contribution in [0.2, 0.25) is 0 Å². The summed E-state index contributed by atoms with van der Waals surface area (Å²) in [6.45, 7) is 0. The van der Waals surface area contributed by atoms with Gasteiger partial charge in [0.2, 0.25) is 0 Å². The molecule has 0 rings (SSSR count). The van der Waals surface area contributed by atoms with Crippen molar-refractivity contribution in [3.63, 3.8) is 0 Å². The molecule has 0 unspecified atom stereocenters. The quantitative estimate of drug-likeness (QED) is 0.204. The van der Waals surface area contributed by atoms with E-state index in [1.807, 2.05) is 0 Å². The number of rotatable bonds is 1. The van der Waals surface area contributed by atoms with Gasteiger partial charge in [0.1, 0.15) is 0 Å². The van der Waals surface area contributed by atoms with Crippen LogP contribution in [0.4, 0.5) is 0 Å². The summed E-state index contributed by atoms with van der Waals surface area (Å²) in [5.74, 6) is 0. The summed E-state index contributed by atoms with van der Waals surface area (Å²) in [6, 6.07) is 0. The molecule has 12 heteroatoms. The van der Waals surface area contributed by atoms with Gasteiger partial charge in [-0.15, -0.1) is 0 Å². The van der Waals surface area contributed by atoms with E-state index in [1.165, 1.54) is 19.7 Å². The third-order valence-corrected chi connectivity index (χ3v) is 2.25. The second-order valence-electron chi connectivity index (χ2n) is 0.136. The van der Waals surface area contributed by atoms with Gasteiger partial charge in [0.15, 0.2) is 0 Å². The maximum Gasteiger partial charge on any atom is 3.00 e. The molecule has 0 saturated carbocycles. The molecule has 0 aromatic carbocycles. The largest absolute Gasteiger partial charge is 3.00 e. The normalized spacial score (nSPS) is 3.00. The van der Waals surface area contributed by atoms with Crippen LogP contribution in [0.3, 0.4) is 0 Å². The minimum Gasteiger partial charge on any atom is -1.00 e. The fourth-order valence-corrected chi connectivity index (χ4v) is 0. The van der Waals surface area contributed by atoms with Gasteiger partial charge in [0.25, 0.3) is 0 Å². The van der Waals surface area contributed by atoms with Gasteiger partial charge < -0.3 is 101 Å². The Bertz CT molecular complexity index is 9.80.